The van der Waals surface area contributed by atoms with Crippen LogP contribution in [0, 0.1) is 0 Å². The summed E-state index contributed by atoms with van der Waals surface area (Å²) in [7, 11) is -3.57. The zero-order chi connectivity index (χ0) is 21.6. The van der Waals surface area contributed by atoms with Crippen LogP contribution in [0.4, 0.5) is 0 Å². The van der Waals surface area contributed by atoms with Crippen LogP contribution in [0.2, 0.25) is 5.02 Å². The molecule has 1 N–H and O–H groups in total. The largest absolute Gasteiger partial charge is 0.348 e. The van der Waals surface area contributed by atoms with Gasteiger partial charge in [-0.1, -0.05) is 61.0 Å². The maximum absolute atomic E-state index is 12.8. The number of nitrogens with one attached hydrogen (secondary N) is 1. The Balaban J connectivity index is 1.64. The molecule has 0 saturated heterocycles. The first-order chi connectivity index (χ1) is 14.4. The molecule has 0 heterocycles. The lowest BCUT2D eigenvalue weighted by atomic mass is 10.1. The smallest absolute Gasteiger partial charge is 0.251 e. The number of amides is 1. The third-order valence-electron chi connectivity index (χ3n) is 4.68. The predicted octanol–water partition coefficient (Wildman–Crippen LogP) is 4.48. The third kappa shape index (κ3) is 5.48. The number of benzene rings is 3. The fraction of sp³-hybridized carbons (Fsp3) is 0.174. The molecular formula is C23H23ClN2O3S. The lowest BCUT2D eigenvalue weighted by molar-refractivity contribution is 0.0951. The van der Waals surface area contributed by atoms with Crippen LogP contribution in [-0.2, 0) is 23.1 Å². The summed E-state index contributed by atoms with van der Waals surface area (Å²) in [5.74, 6) is -0.194. The molecule has 0 radical (unpaired) electrons. The Kier molecular flexibility index (Phi) is 7.26. The molecule has 0 saturated carbocycles. The van der Waals surface area contributed by atoms with Crippen molar-refractivity contribution in [2.45, 2.75) is 24.9 Å². The Hall–Kier alpha value is -2.67. The highest BCUT2D eigenvalue weighted by Gasteiger charge is 2.22. The second-order valence-electron chi connectivity index (χ2n) is 6.75. The van der Waals surface area contributed by atoms with Crippen molar-refractivity contribution in [1.82, 2.24) is 9.62 Å². The van der Waals surface area contributed by atoms with E-state index in [4.69, 9.17) is 11.6 Å². The molecule has 0 aromatic heterocycles. The van der Waals surface area contributed by atoms with Crippen LogP contribution >= 0.6 is 11.6 Å². The summed E-state index contributed by atoms with van der Waals surface area (Å²) in [6.07, 6.45) is 0. The van der Waals surface area contributed by atoms with Crippen molar-refractivity contribution >= 4 is 27.5 Å². The molecule has 7 heteroatoms. The minimum atomic E-state index is -3.57. The number of rotatable bonds is 8. The topological polar surface area (TPSA) is 66.5 Å². The molecule has 0 fully saturated rings. The van der Waals surface area contributed by atoms with E-state index in [0.717, 1.165) is 11.1 Å². The fourth-order valence-corrected chi connectivity index (χ4v) is 4.54. The summed E-state index contributed by atoms with van der Waals surface area (Å²) in [6.45, 7) is 2.79. The van der Waals surface area contributed by atoms with Crippen molar-refractivity contribution in [3.05, 3.63) is 101 Å². The summed E-state index contributed by atoms with van der Waals surface area (Å²) < 4.78 is 27.1. The van der Waals surface area contributed by atoms with E-state index in [1.54, 1.807) is 73.7 Å². The number of hydrogen-bond acceptors (Lipinski definition) is 3. The maximum Gasteiger partial charge on any atom is 0.251 e. The van der Waals surface area contributed by atoms with Gasteiger partial charge in [0.25, 0.3) is 5.91 Å². The Morgan fingerprint density at radius 2 is 1.50 bits per heavy atom. The van der Waals surface area contributed by atoms with E-state index in [-0.39, 0.29) is 17.3 Å². The highest BCUT2D eigenvalue weighted by Crippen LogP contribution is 2.18. The summed E-state index contributed by atoms with van der Waals surface area (Å²) in [4.78, 5) is 12.6. The van der Waals surface area contributed by atoms with E-state index in [2.05, 4.69) is 5.32 Å². The number of hydrogen-bond donors (Lipinski definition) is 1. The molecule has 0 unspecified atom stereocenters. The van der Waals surface area contributed by atoms with E-state index >= 15 is 0 Å². The van der Waals surface area contributed by atoms with Gasteiger partial charge in [-0.25, -0.2) is 8.42 Å². The maximum atomic E-state index is 12.8. The van der Waals surface area contributed by atoms with Crippen LogP contribution in [0.5, 0.6) is 0 Å². The van der Waals surface area contributed by atoms with Crippen LogP contribution in [0.15, 0.2) is 83.8 Å². The first kappa shape index (κ1) is 22.0. The molecule has 1 amide bonds. The number of carbonyl (C=O) groups excluding carboxylic acids is 1. The molecule has 0 aliphatic heterocycles. The van der Waals surface area contributed by atoms with E-state index in [1.165, 1.54) is 4.31 Å². The average Bonchev–Trinajstić information content (AvgIpc) is 2.77. The van der Waals surface area contributed by atoms with Crippen LogP contribution in [0.3, 0.4) is 0 Å². The van der Waals surface area contributed by atoms with Gasteiger partial charge in [0.2, 0.25) is 10.0 Å². The van der Waals surface area contributed by atoms with Gasteiger partial charge in [-0.15, -0.1) is 0 Å². The zero-order valence-corrected chi connectivity index (χ0v) is 18.2. The molecule has 0 bridgehead atoms. The molecule has 3 rings (SSSR count). The van der Waals surface area contributed by atoms with E-state index in [0.29, 0.717) is 23.7 Å². The van der Waals surface area contributed by atoms with Crippen molar-refractivity contribution < 1.29 is 13.2 Å². The summed E-state index contributed by atoms with van der Waals surface area (Å²) in [6, 6.07) is 22.6. The quantitative estimate of drug-likeness (QED) is 0.559. The standard InChI is InChI=1S/C23H23ClN2O3S/c1-2-26(30(28,29)22-6-4-3-5-7-22)17-19-8-12-20(13-9-19)23(27)25-16-18-10-14-21(24)15-11-18/h3-15H,2,16-17H2,1H3,(H,25,27). The van der Waals surface area contributed by atoms with Gasteiger partial charge in [-0.05, 0) is 47.5 Å². The van der Waals surface area contributed by atoms with Crippen LogP contribution in [-0.4, -0.2) is 25.2 Å². The lowest BCUT2D eigenvalue weighted by Crippen LogP contribution is -2.30. The molecule has 0 spiro atoms. The molecule has 3 aromatic carbocycles. The van der Waals surface area contributed by atoms with Gasteiger partial charge >= 0.3 is 0 Å². The van der Waals surface area contributed by atoms with Crippen LogP contribution in [0.25, 0.3) is 0 Å². The van der Waals surface area contributed by atoms with Crippen molar-refractivity contribution in [3.8, 4) is 0 Å². The Bertz CT molecular complexity index is 1080. The van der Waals surface area contributed by atoms with Crippen molar-refractivity contribution in [2.75, 3.05) is 6.54 Å². The molecule has 30 heavy (non-hydrogen) atoms. The number of carbonyl (C=O) groups is 1. The molecule has 3 aromatic rings. The molecule has 0 aliphatic rings. The summed E-state index contributed by atoms with van der Waals surface area (Å²) >= 11 is 5.87. The lowest BCUT2D eigenvalue weighted by Gasteiger charge is -2.20. The van der Waals surface area contributed by atoms with Crippen molar-refractivity contribution in [3.63, 3.8) is 0 Å². The van der Waals surface area contributed by atoms with Crippen LogP contribution < -0.4 is 5.32 Å². The van der Waals surface area contributed by atoms with Gasteiger partial charge in [-0.3, -0.25) is 4.79 Å². The first-order valence-corrected chi connectivity index (χ1v) is 11.4. The zero-order valence-electron chi connectivity index (χ0n) is 16.6. The highest BCUT2D eigenvalue weighted by atomic mass is 35.5. The van der Waals surface area contributed by atoms with Gasteiger partial charge in [0.15, 0.2) is 0 Å². The SMILES string of the molecule is CCN(Cc1ccc(C(=O)NCc2ccc(Cl)cc2)cc1)S(=O)(=O)c1ccccc1. The molecule has 0 atom stereocenters. The summed E-state index contributed by atoms with van der Waals surface area (Å²) in [5, 5.41) is 3.51. The number of halogens is 1. The minimum absolute atomic E-state index is 0.194. The van der Waals surface area contributed by atoms with Crippen LogP contribution in [0.1, 0.15) is 28.4 Å². The molecule has 5 nitrogen and oxygen atoms in total. The van der Waals surface area contributed by atoms with Crippen molar-refractivity contribution in [1.29, 1.82) is 0 Å². The first-order valence-electron chi connectivity index (χ1n) is 9.57. The monoisotopic (exact) mass is 442 g/mol. The van der Waals surface area contributed by atoms with E-state index in [1.807, 2.05) is 12.1 Å². The highest BCUT2D eigenvalue weighted by molar-refractivity contribution is 7.89. The second-order valence-corrected chi connectivity index (χ2v) is 9.12. The normalized spacial score (nSPS) is 11.4. The number of nitrogens with zero attached hydrogens (tertiary/aromatic N) is 1. The average molecular weight is 443 g/mol. The summed E-state index contributed by atoms with van der Waals surface area (Å²) in [5.41, 5.74) is 2.28. The molecule has 0 aliphatic carbocycles. The fourth-order valence-electron chi connectivity index (χ4n) is 2.96. The van der Waals surface area contributed by atoms with Gasteiger partial charge in [-0.2, -0.15) is 4.31 Å². The predicted molar refractivity (Wildman–Crippen MR) is 119 cm³/mol. The van der Waals surface area contributed by atoms with E-state index < -0.39 is 10.0 Å². The molecule has 156 valence electrons. The van der Waals surface area contributed by atoms with Gasteiger partial charge in [0.1, 0.15) is 0 Å². The van der Waals surface area contributed by atoms with Gasteiger partial charge in [0, 0.05) is 30.2 Å². The Morgan fingerprint density at radius 1 is 0.900 bits per heavy atom. The minimum Gasteiger partial charge on any atom is -0.348 e. The van der Waals surface area contributed by atoms with E-state index in [9.17, 15) is 13.2 Å². The van der Waals surface area contributed by atoms with Gasteiger partial charge < -0.3 is 5.32 Å². The van der Waals surface area contributed by atoms with Crippen molar-refractivity contribution in [2.24, 2.45) is 0 Å². The Morgan fingerprint density at radius 3 is 2.10 bits per heavy atom. The molecular weight excluding hydrogens is 420 g/mol. The second kappa shape index (κ2) is 9.89. The number of sulfonamides is 1. The third-order valence-corrected chi connectivity index (χ3v) is 6.86. The van der Waals surface area contributed by atoms with Gasteiger partial charge in [0.05, 0.1) is 4.90 Å². The Labute approximate surface area is 182 Å².